The molecular formula is C12H6Cl3NO. The molecule has 0 spiro atoms. The highest BCUT2D eigenvalue weighted by atomic mass is 35.5. The van der Waals surface area contributed by atoms with E-state index in [1.807, 2.05) is 0 Å². The van der Waals surface area contributed by atoms with E-state index in [4.69, 9.17) is 34.8 Å². The van der Waals surface area contributed by atoms with E-state index in [2.05, 4.69) is 4.98 Å². The fraction of sp³-hybridized carbons (Fsp3) is 0. The summed E-state index contributed by atoms with van der Waals surface area (Å²) in [6.07, 6.45) is 2.12. The van der Waals surface area contributed by atoms with Gasteiger partial charge in [-0.25, -0.2) is 0 Å². The molecule has 0 fully saturated rings. The lowest BCUT2D eigenvalue weighted by atomic mass is 10.1. The van der Waals surface area contributed by atoms with Crippen LogP contribution in [0.3, 0.4) is 0 Å². The average molecular weight is 287 g/mol. The van der Waals surface area contributed by atoms with Crippen LogP contribution in [-0.2, 0) is 0 Å². The van der Waals surface area contributed by atoms with Crippen molar-refractivity contribution in [1.29, 1.82) is 0 Å². The highest BCUT2D eigenvalue weighted by molar-refractivity contribution is 6.42. The molecular weight excluding hydrogens is 280 g/mol. The van der Waals surface area contributed by atoms with Crippen molar-refractivity contribution in [3.8, 4) is 11.3 Å². The van der Waals surface area contributed by atoms with Gasteiger partial charge in [0.15, 0.2) is 6.29 Å². The van der Waals surface area contributed by atoms with Gasteiger partial charge in [-0.3, -0.25) is 9.78 Å². The van der Waals surface area contributed by atoms with Gasteiger partial charge in [0.05, 0.1) is 20.8 Å². The molecule has 0 radical (unpaired) electrons. The van der Waals surface area contributed by atoms with Crippen LogP contribution < -0.4 is 0 Å². The molecule has 0 aliphatic carbocycles. The van der Waals surface area contributed by atoms with Crippen molar-refractivity contribution in [2.75, 3.05) is 0 Å². The summed E-state index contributed by atoms with van der Waals surface area (Å²) in [4.78, 5) is 14.9. The lowest BCUT2D eigenvalue weighted by Crippen LogP contribution is -1.89. The predicted octanol–water partition coefficient (Wildman–Crippen LogP) is 4.52. The molecule has 17 heavy (non-hydrogen) atoms. The van der Waals surface area contributed by atoms with Crippen molar-refractivity contribution < 1.29 is 4.79 Å². The highest BCUT2D eigenvalue weighted by Gasteiger charge is 2.06. The summed E-state index contributed by atoms with van der Waals surface area (Å²) in [7, 11) is 0. The molecule has 0 amide bonds. The molecule has 0 bridgehead atoms. The van der Waals surface area contributed by atoms with Gasteiger partial charge in [-0.05, 0) is 18.2 Å². The number of carbonyl (C=O) groups excluding carboxylic acids is 1. The van der Waals surface area contributed by atoms with E-state index in [9.17, 15) is 4.79 Å². The third kappa shape index (κ3) is 2.60. The fourth-order valence-corrected chi connectivity index (χ4v) is 1.80. The number of nitrogens with zero attached hydrogens (tertiary/aromatic N) is 1. The Balaban J connectivity index is 2.52. The zero-order valence-electron chi connectivity index (χ0n) is 8.45. The SMILES string of the molecule is O=Cc1cc(-c2ccc(Cl)c(Cl)c2)ncc1Cl. The number of hydrogen-bond donors (Lipinski definition) is 0. The van der Waals surface area contributed by atoms with Crippen LogP contribution in [0.1, 0.15) is 10.4 Å². The van der Waals surface area contributed by atoms with Crippen molar-refractivity contribution >= 4 is 41.1 Å². The Morgan fingerprint density at radius 2 is 1.76 bits per heavy atom. The molecule has 2 nitrogen and oxygen atoms in total. The van der Waals surface area contributed by atoms with E-state index in [1.54, 1.807) is 24.3 Å². The smallest absolute Gasteiger partial charge is 0.151 e. The first-order valence-electron chi connectivity index (χ1n) is 4.68. The molecule has 0 aliphatic rings. The maximum absolute atomic E-state index is 10.8. The molecule has 0 aliphatic heterocycles. The minimum atomic E-state index is 0.323. The van der Waals surface area contributed by atoms with Gasteiger partial charge in [0, 0.05) is 17.3 Å². The van der Waals surface area contributed by atoms with Gasteiger partial charge < -0.3 is 0 Å². The molecule has 86 valence electrons. The van der Waals surface area contributed by atoms with Crippen LogP contribution in [0.2, 0.25) is 15.1 Å². The van der Waals surface area contributed by atoms with Gasteiger partial charge in [0.25, 0.3) is 0 Å². The summed E-state index contributed by atoms with van der Waals surface area (Å²) < 4.78 is 0. The van der Waals surface area contributed by atoms with Gasteiger partial charge in [0.1, 0.15) is 0 Å². The maximum Gasteiger partial charge on any atom is 0.151 e. The van der Waals surface area contributed by atoms with Crippen LogP contribution >= 0.6 is 34.8 Å². The summed E-state index contributed by atoms with van der Waals surface area (Å²) in [5, 5.41) is 1.23. The van der Waals surface area contributed by atoms with E-state index < -0.39 is 0 Å². The van der Waals surface area contributed by atoms with Crippen molar-refractivity contribution in [2.24, 2.45) is 0 Å². The molecule has 0 saturated heterocycles. The van der Waals surface area contributed by atoms with Gasteiger partial charge in [-0.2, -0.15) is 0 Å². The van der Waals surface area contributed by atoms with Crippen molar-refractivity contribution in [3.63, 3.8) is 0 Å². The third-order valence-corrected chi connectivity index (χ3v) is 3.28. The quantitative estimate of drug-likeness (QED) is 0.760. The number of rotatable bonds is 2. The molecule has 1 heterocycles. The first kappa shape index (κ1) is 12.4. The van der Waals surface area contributed by atoms with E-state index in [1.165, 1.54) is 6.20 Å². The number of hydrogen-bond acceptors (Lipinski definition) is 2. The second kappa shape index (κ2) is 5.05. The van der Waals surface area contributed by atoms with Gasteiger partial charge in [0.2, 0.25) is 0 Å². The van der Waals surface area contributed by atoms with E-state index >= 15 is 0 Å². The minimum absolute atomic E-state index is 0.323. The zero-order valence-corrected chi connectivity index (χ0v) is 10.7. The van der Waals surface area contributed by atoms with Crippen molar-refractivity contribution in [1.82, 2.24) is 4.98 Å². The number of aldehydes is 1. The van der Waals surface area contributed by atoms with Gasteiger partial charge in [-0.1, -0.05) is 40.9 Å². The second-order valence-corrected chi connectivity index (χ2v) is 4.56. The first-order valence-corrected chi connectivity index (χ1v) is 5.81. The monoisotopic (exact) mass is 285 g/mol. The Kier molecular flexibility index (Phi) is 3.67. The normalized spacial score (nSPS) is 10.3. The lowest BCUT2D eigenvalue weighted by Gasteiger charge is -2.04. The zero-order chi connectivity index (χ0) is 12.4. The number of carbonyl (C=O) groups is 1. The average Bonchev–Trinajstić information content (AvgIpc) is 2.33. The van der Waals surface area contributed by atoms with Crippen LogP contribution in [-0.4, -0.2) is 11.3 Å². The molecule has 5 heteroatoms. The number of aromatic nitrogens is 1. The topological polar surface area (TPSA) is 30.0 Å². The predicted molar refractivity (Wildman–Crippen MR) is 70.1 cm³/mol. The summed E-state index contributed by atoms with van der Waals surface area (Å²) in [6.45, 7) is 0. The second-order valence-electron chi connectivity index (χ2n) is 3.34. The fourth-order valence-electron chi connectivity index (χ4n) is 1.36. The van der Waals surface area contributed by atoms with Crippen LogP contribution in [0.5, 0.6) is 0 Å². The Bertz CT molecular complexity index is 584. The van der Waals surface area contributed by atoms with E-state index in [0.29, 0.717) is 32.6 Å². The highest BCUT2D eigenvalue weighted by Crippen LogP contribution is 2.28. The van der Waals surface area contributed by atoms with Gasteiger partial charge >= 0.3 is 0 Å². The lowest BCUT2D eigenvalue weighted by molar-refractivity contribution is 0.112. The number of benzene rings is 1. The summed E-state index contributed by atoms with van der Waals surface area (Å²) in [6, 6.07) is 6.75. The molecule has 1 aromatic carbocycles. The summed E-state index contributed by atoms with van der Waals surface area (Å²) in [5.74, 6) is 0. The van der Waals surface area contributed by atoms with Crippen LogP contribution in [0.4, 0.5) is 0 Å². The number of pyridine rings is 1. The Morgan fingerprint density at radius 3 is 2.41 bits per heavy atom. The molecule has 0 N–H and O–H groups in total. The summed E-state index contributed by atoms with van der Waals surface area (Å²) in [5.41, 5.74) is 1.79. The Morgan fingerprint density at radius 1 is 1.00 bits per heavy atom. The molecule has 0 unspecified atom stereocenters. The Labute approximate surface area is 113 Å². The van der Waals surface area contributed by atoms with E-state index in [0.717, 1.165) is 5.56 Å². The maximum atomic E-state index is 10.8. The molecule has 0 atom stereocenters. The molecule has 2 rings (SSSR count). The van der Waals surface area contributed by atoms with Crippen LogP contribution in [0.25, 0.3) is 11.3 Å². The van der Waals surface area contributed by atoms with Crippen LogP contribution in [0, 0.1) is 0 Å². The minimum Gasteiger partial charge on any atom is -0.298 e. The third-order valence-electron chi connectivity index (χ3n) is 2.23. The van der Waals surface area contributed by atoms with Crippen molar-refractivity contribution in [3.05, 3.63) is 51.1 Å². The number of halogens is 3. The molecule has 2 aromatic rings. The molecule has 1 aromatic heterocycles. The Hall–Kier alpha value is -1.09. The first-order chi connectivity index (χ1) is 8.11. The van der Waals surface area contributed by atoms with Gasteiger partial charge in [-0.15, -0.1) is 0 Å². The van der Waals surface area contributed by atoms with Crippen LogP contribution in [0.15, 0.2) is 30.5 Å². The molecule has 0 saturated carbocycles. The van der Waals surface area contributed by atoms with Crippen molar-refractivity contribution in [2.45, 2.75) is 0 Å². The van der Waals surface area contributed by atoms with E-state index in [-0.39, 0.29) is 0 Å². The summed E-state index contributed by atoms with van der Waals surface area (Å²) >= 11 is 17.5. The largest absolute Gasteiger partial charge is 0.298 e. The standard InChI is InChI=1S/C12H6Cl3NO/c13-9-2-1-7(3-10(9)14)12-4-8(6-17)11(15)5-16-12/h1-6H.